The number of halogens is 2. The Balaban J connectivity index is 2.24. The van der Waals surface area contributed by atoms with Crippen LogP contribution in [0.1, 0.15) is 25.6 Å². The summed E-state index contributed by atoms with van der Waals surface area (Å²) in [5, 5.41) is 0.0157. The molecule has 1 aromatic carbocycles. The van der Waals surface area contributed by atoms with Crippen molar-refractivity contribution >= 4 is 62.7 Å². The van der Waals surface area contributed by atoms with Crippen molar-refractivity contribution in [3.63, 3.8) is 0 Å². The molecule has 0 saturated heterocycles. The van der Waals surface area contributed by atoms with Crippen molar-refractivity contribution in [2.75, 3.05) is 0 Å². The molecule has 3 rings (SSSR count). The van der Waals surface area contributed by atoms with Gasteiger partial charge in [-0.05, 0) is 34.7 Å². The lowest BCUT2D eigenvalue weighted by molar-refractivity contribution is 0.0998. The summed E-state index contributed by atoms with van der Waals surface area (Å²) in [4.78, 5) is 25.4. The van der Waals surface area contributed by atoms with E-state index in [9.17, 15) is 9.59 Å². The van der Waals surface area contributed by atoms with Gasteiger partial charge < -0.3 is 0 Å². The Morgan fingerprint density at radius 3 is 2.16 bits per heavy atom. The Morgan fingerprint density at radius 2 is 1.58 bits per heavy atom. The van der Waals surface area contributed by atoms with Crippen LogP contribution in [0.5, 0.6) is 0 Å². The summed E-state index contributed by atoms with van der Waals surface area (Å²) < 4.78 is 1.05. The van der Waals surface area contributed by atoms with Crippen LogP contribution in [-0.4, -0.2) is 11.6 Å². The van der Waals surface area contributed by atoms with Crippen LogP contribution in [0.15, 0.2) is 41.4 Å². The highest BCUT2D eigenvalue weighted by Crippen LogP contribution is 2.37. The molecule has 0 N–H and O–H groups in total. The molecule has 1 heterocycles. The van der Waals surface area contributed by atoms with E-state index < -0.39 is 0 Å². The van der Waals surface area contributed by atoms with Gasteiger partial charge in [-0.1, -0.05) is 35.9 Å². The summed E-state index contributed by atoms with van der Waals surface area (Å²) in [6, 6.07) is 10.5. The molecule has 19 heavy (non-hydrogen) atoms. The lowest BCUT2D eigenvalue weighted by atomic mass is 9.89. The molecule has 1 aliphatic rings. The summed E-state index contributed by atoms with van der Waals surface area (Å²) in [6.45, 7) is 0. The predicted octanol–water partition coefficient (Wildman–Crippen LogP) is 4.38. The highest BCUT2D eigenvalue weighted by atomic mass is 127. The summed E-state index contributed by atoms with van der Waals surface area (Å²) in [6.07, 6.45) is 0. The summed E-state index contributed by atoms with van der Waals surface area (Å²) in [5.74, 6) is -0.464. The first-order valence-corrected chi connectivity index (χ1v) is 7.71. The maximum Gasteiger partial charge on any atom is 0.205 e. The molecule has 0 fully saturated rings. The van der Waals surface area contributed by atoms with Crippen molar-refractivity contribution in [3.8, 4) is 0 Å². The molecule has 2 aromatic rings. The van der Waals surface area contributed by atoms with E-state index in [2.05, 4.69) is 22.6 Å². The third-order valence-electron chi connectivity index (χ3n) is 2.88. The molecule has 0 bridgehead atoms. The highest BCUT2D eigenvalue weighted by Gasteiger charge is 2.32. The van der Waals surface area contributed by atoms with Crippen molar-refractivity contribution in [1.29, 1.82) is 0 Å². The van der Waals surface area contributed by atoms with E-state index in [0.29, 0.717) is 16.7 Å². The second kappa shape index (κ2) is 4.85. The lowest BCUT2D eigenvalue weighted by Crippen LogP contribution is -2.18. The lowest BCUT2D eigenvalue weighted by Gasteiger charge is -2.16. The van der Waals surface area contributed by atoms with Crippen LogP contribution in [0.4, 0.5) is 0 Å². The van der Waals surface area contributed by atoms with Crippen LogP contribution in [0.2, 0.25) is 0 Å². The average molecular weight is 401 g/mol. The molecule has 2 nitrogen and oxygen atoms in total. The first-order valence-electron chi connectivity index (χ1n) is 5.43. The molecule has 0 atom stereocenters. The van der Waals surface area contributed by atoms with Gasteiger partial charge in [0.25, 0.3) is 0 Å². The minimum absolute atomic E-state index is 0.0157. The maximum atomic E-state index is 12.5. The Kier molecular flexibility index (Phi) is 3.32. The van der Waals surface area contributed by atoms with Crippen LogP contribution in [0, 0.1) is 2.88 Å². The molecule has 0 aliphatic heterocycles. The van der Waals surface area contributed by atoms with Crippen LogP contribution in [-0.2, 0) is 0 Å². The first kappa shape index (κ1) is 13.0. The molecule has 0 saturated carbocycles. The first-order chi connectivity index (χ1) is 9.09. The zero-order chi connectivity index (χ0) is 13.6. The molecule has 0 amide bonds. The van der Waals surface area contributed by atoms with Crippen molar-refractivity contribution < 1.29 is 9.59 Å². The van der Waals surface area contributed by atoms with E-state index in [-0.39, 0.29) is 16.6 Å². The number of carbonyl (C=O) groups excluding carboxylic acids is 2. The second-order valence-corrected chi connectivity index (χ2v) is 7.35. The fourth-order valence-corrected chi connectivity index (χ4v) is 4.03. The molecule has 0 spiro atoms. The van der Waals surface area contributed by atoms with Crippen molar-refractivity contribution in [3.05, 3.63) is 60.3 Å². The van der Waals surface area contributed by atoms with Crippen LogP contribution < -0.4 is 0 Å². The summed E-state index contributed by atoms with van der Waals surface area (Å²) in [7, 11) is 0. The minimum Gasteiger partial charge on any atom is -0.288 e. The average Bonchev–Trinajstić information content (AvgIpc) is 2.83. The topological polar surface area (TPSA) is 34.1 Å². The van der Waals surface area contributed by atoms with E-state index >= 15 is 0 Å². The van der Waals surface area contributed by atoms with Gasteiger partial charge in [-0.25, -0.2) is 0 Å². The molecule has 1 aliphatic carbocycles. The van der Waals surface area contributed by atoms with E-state index in [1.165, 1.54) is 11.3 Å². The van der Waals surface area contributed by atoms with Crippen molar-refractivity contribution in [2.24, 2.45) is 0 Å². The van der Waals surface area contributed by atoms with E-state index in [4.69, 9.17) is 11.6 Å². The Bertz CT molecular complexity index is 745. The number of thiophene rings is 1. The number of benzene rings is 1. The van der Waals surface area contributed by atoms with Gasteiger partial charge in [-0.2, -0.15) is 0 Å². The molecule has 1 aromatic heterocycles. The van der Waals surface area contributed by atoms with Gasteiger partial charge in [-0.3, -0.25) is 9.59 Å². The Labute approximate surface area is 132 Å². The largest absolute Gasteiger partial charge is 0.288 e. The number of Topliss-reactive ketones (excluding diaryl/α,β-unsaturated/α-hetero) is 2. The maximum absolute atomic E-state index is 12.5. The third-order valence-corrected chi connectivity index (χ3v) is 5.15. The SMILES string of the molecule is O=C1C(Cl)=C(c2ccc(I)s2)C(=O)c2ccccc21. The second-order valence-electron chi connectivity index (χ2n) is 4.00. The quantitative estimate of drug-likeness (QED) is 0.666. The molecule has 0 radical (unpaired) electrons. The fraction of sp³-hybridized carbons (Fsp3) is 0. The van der Waals surface area contributed by atoms with Gasteiger partial charge in [0.1, 0.15) is 5.03 Å². The number of hydrogen-bond acceptors (Lipinski definition) is 3. The number of carbonyl (C=O) groups is 2. The van der Waals surface area contributed by atoms with Crippen LogP contribution in [0.3, 0.4) is 0 Å². The summed E-state index contributed by atoms with van der Waals surface area (Å²) in [5.41, 5.74) is 1.13. The molecule has 0 unspecified atom stereocenters. The molecule has 94 valence electrons. The van der Waals surface area contributed by atoms with Gasteiger partial charge in [-0.15, -0.1) is 11.3 Å². The number of hydrogen-bond donors (Lipinski definition) is 0. The van der Waals surface area contributed by atoms with Crippen LogP contribution in [0.25, 0.3) is 5.57 Å². The minimum atomic E-state index is -0.282. The number of fused-ring (bicyclic) bond motifs is 1. The monoisotopic (exact) mass is 400 g/mol. The Morgan fingerprint density at radius 1 is 0.947 bits per heavy atom. The number of rotatable bonds is 1. The normalized spacial score (nSPS) is 14.8. The standard InChI is InChI=1S/C14H6ClIO2S/c15-12-11(9-5-6-10(16)19-9)13(17)7-3-1-2-4-8(7)14(12)18/h1-6H. The predicted molar refractivity (Wildman–Crippen MR) is 84.9 cm³/mol. The fourth-order valence-electron chi connectivity index (χ4n) is 2.01. The summed E-state index contributed by atoms with van der Waals surface area (Å²) >= 11 is 9.74. The van der Waals surface area contributed by atoms with Gasteiger partial charge in [0.05, 0.1) is 8.46 Å². The molecular formula is C14H6ClIO2S. The Hall–Kier alpha value is -0.980. The van der Waals surface area contributed by atoms with E-state index in [1.54, 1.807) is 24.3 Å². The third kappa shape index (κ3) is 2.07. The van der Waals surface area contributed by atoms with Gasteiger partial charge >= 0.3 is 0 Å². The van der Waals surface area contributed by atoms with Gasteiger partial charge in [0, 0.05) is 16.0 Å². The highest BCUT2D eigenvalue weighted by molar-refractivity contribution is 14.1. The zero-order valence-electron chi connectivity index (χ0n) is 9.44. The van der Waals surface area contributed by atoms with Gasteiger partial charge in [0.2, 0.25) is 5.78 Å². The zero-order valence-corrected chi connectivity index (χ0v) is 13.2. The van der Waals surface area contributed by atoms with Crippen molar-refractivity contribution in [1.82, 2.24) is 0 Å². The van der Waals surface area contributed by atoms with Crippen LogP contribution >= 0.6 is 45.5 Å². The van der Waals surface area contributed by atoms with E-state index in [1.807, 2.05) is 12.1 Å². The van der Waals surface area contributed by atoms with Gasteiger partial charge in [0.15, 0.2) is 5.78 Å². The molecular weight excluding hydrogens is 395 g/mol. The van der Waals surface area contributed by atoms with E-state index in [0.717, 1.165) is 7.76 Å². The number of allylic oxidation sites excluding steroid dienone is 2. The molecule has 5 heteroatoms. The number of ketones is 2. The smallest absolute Gasteiger partial charge is 0.205 e. The van der Waals surface area contributed by atoms with Crippen molar-refractivity contribution in [2.45, 2.75) is 0 Å².